The molecule has 2 N–H and O–H groups in total. The van der Waals surface area contributed by atoms with Gasteiger partial charge in [-0.2, -0.15) is 13.2 Å². The molecule has 150 valence electrons. The molecule has 9 heteroatoms. The van der Waals surface area contributed by atoms with E-state index < -0.39 is 18.6 Å². The van der Waals surface area contributed by atoms with Crippen LogP contribution in [0.3, 0.4) is 0 Å². The highest BCUT2D eigenvalue weighted by Crippen LogP contribution is 2.34. The predicted octanol–water partition coefficient (Wildman–Crippen LogP) is 3.82. The fourth-order valence-electron chi connectivity index (χ4n) is 3.23. The van der Waals surface area contributed by atoms with Gasteiger partial charge in [0.25, 0.3) is 5.91 Å². The smallest absolute Gasteiger partial charge is 0.376 e. The number of benzene rings is 1. The quantitative estimate of drug-likeness (QED) is 0.760. The monoisotopic (exact) mass is 411 g/mol. The van der Waals surface area contributed by atoms with Crippen molar-refractivity contribution in [3.05, 3.63) is 52.2 Å². The van der Waals surface area contributed by atoms with E-state index in [0.717, 1.165) is 17.7 Å². The normalized spacial score (nSPS) is 16.8. The Morgan fingerprint density at radius 3 is 2.68 bits per heavy atom. The Bertz CT molecular complexity index is 824. The summed E-state index contributed by atoms with van der Waals surface area (Å²) in [7, 11) is 0. The zero-order valence-corrected chi connectivity index (χ0v) is 15.8. The summed E-state index contributed by atoms with van der Waals surface area (Å²) in [6.45, 7) is -0.780. The molecular weight excluding hydrogens is 391 g/mol. The third kappa shape index (κ3) is 5.03. The number of rotatable bonds is 6. The van der Waals surface area contributed by atoms with E-state index in [1.165, 1.54) is 6.07 Å². The summed E-state index contributed by atoms with van der Waals surface area (Å²) >= 11 is 1.61. The van der Waals surface area contributed by atoms with Crippen molar-refractivity contribution in [2.75, 3.05) is 25.0 Å². The van der Waals surface area contributed by atoms with Crippen LogP contribution < -0.4 is 10.6 Å². The molecule has 2 heterocycles. The highest BCUT2D eigenvalue weighted by molar-refractivity contribution is 7.10. The second-order valence-electron chi connectivity index (χ2n) is 6.46. The number of carbonyl (C=O) groups is 2. The number of thiophene rings is 1. The number of likely N-dealkylation sites (tertiary alicyclic amines) is 1. The van der Waals surface area contributed by atoms with Gasteiger partial charge in [0, 0.05) is 17.1 Å². The summed E-state index contributed by atoms with van der Waals surface area (Å²) in [4.78, 5) is 27.7. The van der Waals surface area contributed by atoms with E-state index in [9.17, 15) is 22.8 Å². The topological polar surface area (TPSA) is 61.4 Å². The number of hydrogen-bond acceptors (Lipinski definition) is 4. The molecule has 1 fully saturated rings. The standard InChI is InChI=1S/C19H20F3N3O2S/c20-19(21,22)12-24-18(27)13-5-1-2-6-14(13)23-11-17(26)25-9-3-7-15(25)16-8-4-10-28-16/h1-2,4-6,8,10,15,23H,3,7,9,11-12H2,(H,24,27). The van der Waals surface area contributed by atoms with Crippen LogP contribution in [-0.4, -0.2) is 42.5 Å². The Hall–Kier alpha value is -2.55. The molecule has 2 aromatic rings. The molecule has 1 unspecified atom stereocenters. The number of para-hydroxylation sites is 1. The summed E-state index contributed by atoms with van der Waals surface area (Å²) in [5.41, 5.74) is 0.387. The van der Waals surface area contributed by atoms with Crippen LogP contribution >= 0.6 is 11.3 Å². The molecule has 0 saturated carbocycles. The number of nitrogens with one attached hydrogen (secondary N) is 2. The number of nitrogens with zero attached hydrogens (tertiary/aromatic N) is 1. The van der Waals surface area contributed by atoms with Crippen molar-refractivity contribution >= 4 is 28.8 Å². The van der Waals surface area contributed by atoms with Crippen molar-refractivity contribution in [2.45, 2.75) is 25.1 Å². The van der Waals surface area contributed by atoms with E-state index in [1.807, 2.05) is 27.7 Å². The molecule has 1 aliphatic heterocycles. The maximum absolute atomic E-state index is 12.7. The van der Waals surface area contributed by atoms with Crippen molar-refractivity contribution in [1.82, 2.24) is 10.2 Å². The first kappa shape index (κ1) is 20.2. The van der Waals surface area contributed by atoms with E-state index in [1.54, 1.807) is 29.5 Å². The van der Waals surface area contributed by atoms with Crippen molar-refractivity contribution < 1.29 is 22.8 Å². The maximum Gasteiger partial charge on any atom is 0.405 e. The fraction of sp³-hybridized carbons (Fsp3) is 0.368. The second kappa shape index (κ2) is 8.64. The molecule has 5 nitrogen and oxygen atoms in total. The minimum atomic E-state index is -4.49. The van der Waals surface area contributed by atoms with Crippen LogP contribution in [-0.2, 0) is 4.79 Å². The van der Waals surface area contributed by atoms with Crippen LogP contribution in [0, 0.1) is 0 Å². The van der Waals surface area contributed by atoms with E-state index in [0.29, 0.717) is 12.2 Å². The number of amides is 2. The molecular formula is C19H20F3N3O2S. The first-order valence-electron chi connectivity index (χ1n) is 8.86. The number of hydrogen-bond donors (Lipinski definition) is 2. The minimum absolute atomic E-state index is 0.0363. The van der Waals surface area contributed by atoms with Crippen LogP contribution in [0.25, 0.3) is 0 Å². The zero-order valence-electron chi connectivity index (χ0n) is 15.0. The lowest BCUT2D eigenvalue weighted by atomic mass is 10.1. The van der Waals surface area contributed by atoms with Gasteiger partial charge in [-0.3, -0.25) is 9.59 Å². The number of alkyl halides is 3. The van der Waals surface area contributed by atoms with E-state index in [4.69, 9.17) is 0 Å². The molecule has 0 bridgehead atoms. The number of carbonyl (C=O) groups excluding carboxylic acids is 2. The lowest BCUT2D eigenvalue weighted by Crippen LogP contribution is -2.36. The van der Waals surface area contributed by atoms with Gasteiger partial charge in [0.15, 0.2) is 0 Å². The fourth-order valence-corrected chi connectivity index (χ4v) is 4.10. The summed E-state index contributed by atoms with van der Waals surface area (Å²) in [5, 5.41) is 6.73. The van der Waals surface area contributed by atoms with Crippen LogP contribution in [0.2, 0.25) is 0 Å². The molecule has 0 aliphatic carbocycles. The van der Waals surface area contributed by atoms with Gasteiger partial charge in [-0.05, 0) is 36.4 Å². The molecule has 1 aliphatic rings. The summed E-state index contributed by atoms with van der Waals surface area (Å²) in [6.07, 6.45) is -2.66. The summed E-state index contributed by atoms with van der Waals surface area (Å²) in [6, 6.07) is 10.2. The average molecular weight is 411 g/mol. The van der Waals surface area contributed by atoms with Crippen molar-refractivity contribution in [2.24, 2.45) is 0 Å². The molecule has 1 atom stereocenters. The van der Waals surface area contributed by atoms with Gasteiger partial charge in [0.05, 0.1) is 18.2 Å². The number of anilines is 1. The predicted molar refractivity (Wildman–Crippen MR) is 101 cm³/mol. The molecule has 1 aromatic carbocycles. The van der Waals surface area contributed by atoms with Crippen molar-refractivity contribution in [1.29, 1.82) is 0 Å². The van der Waals surface area contributed by atoms with Crippen molar-refractivity contribution in [3.8, 4) is 0 Å². The molecule has 1 aromatic heterocycles. The van der Waals surface area contributed by atoms with E-state index in [-0.39, 0.29) is 24.1 Å². The first-order valence-corrected chi connectivity index (χ1v) is 9.74. The Morgan fingerprint density at radius 1 is 1.18 bits per heavy atom. The molecule has 2 amide bonds. The Balaban J connectivity index is 1.63. The summed E-state index contributed by atoms with van der Waals surface area (Å²) < 4.78 is 37.0. The highest BCUT2D eigenvalue weighted by Gasteiger charge is 2.31. The Morgan fingerprint density at radius 2 is 1.96 bits per heavy atom. The minimum Gasteiger partial charge on any atom is -0.376 e. The average Bonchev–Trinajstić information content (AvgIpc) is 3.34. The highest BCUT2D eigenvalue weighted by atomic mass is 32.1. The van der Waals surface area contributed by atoms with Gasteiger partial charge in [-0.1, -0.05) is 18.2 Å². The SMILES string of the molecule is O=C(NCC(F)(F)F)c1ccccc1NCC(=O)N1CCCC1c1cccs1. The van der Waals surface area contributed by atoms with Gasteiger partial charge in [-0.15, -0.1) is 11.3 Å². The summed E-state index contributed by atoms with van der Waals surface area (Å²) in [5.74, 6) is -0.952. The third-order valence-corrected chi connectivity index (χ3v) is 5.47. The largest absolute Gasteiger partial charge is 0.405 e. The van der Waals surface area contributed by atoms with E-state index >= 15 is 0 Å². The van der Waals surface area contributed by atoms with Gasteiger partial charge in [0.2, 0.25) is 5.91 Å². The van der Waals surface area contributed by atoms with E-state index in [2.05, 4.69) is 5.32 Å². The lowest BCUT2D eigenvalue weighted by molar-refractivity contribution is -0.130. The lowest BCUT2D eigenvalue weighted by Gasteiger charge is -2.24. The number of halogens is 3. The third-order valence-electron chi connectivity index (χ3n) is 4.50. The molecule has 28 heavy (non-hydrogen) atoms. The van der Waals surface area contributed by atoms with Crippen LogP contribution in [0.5, 0.6) is 0 Å². The van der Waals surface area contributed by atoms with Crippen LogP contribution in [0.15, 0.2) is 41.8 Å². The zero-order chi connectivity index (χ0) is 20.1. The van der Waals surface area contributed by atoms with Gasteiger partial charge in [-0.25, -0.2) is 0 Å². The van der Waals surface area contributed by atoms with Gasteiger partial charge < -0.3 is 15.5 Å². The van der Waals surface area contributed by atoms with Gasteiger partial charge >= 0.3 is 6.18 Å². The molecule has 0 radical (unpaired) electrons. The Kier molecular flexibility index (Phi) is 6.23. The second-order valence-corrected chi connectivity index (χ2v) is 7.44. The molecule has 3 rings (SSSR count). The Labute approximate surface area is 164 Å². The maximum atomic E-state index is 12.7. The molecule has 1 saturated heterocycles. The van der Waals surface area contributed by atoms with Crippen LogP contribution in [0.1, 0.15) is 34.1 Å². The van der Waals surface area contributed by atoms with Crippen molar-refractivity contribution in [3.63, 3.8) is 0 Å². The van der Waals surface area contributed by atoms with Crippen LogP contribution in [0.4, 0.5) is 18.9 Å². The van der Waals surface area contributed by atoms with Gasteiger partial charge in [0.1, 0.15) is 6.54 Å². The first-order chi connectivity index (χ1) is 13.3. The molecule has 0 spiro atoms.